The number of amides is 2. The molecule has 0 saturated carbocycles. The minimum absolute atomic E-state index is 0.0230. The molecular formula is C27H26FN7O2. The van der Waals surface area contributed by atoms with Gasteiger partial charge in [-0.3, -0.25) is 9.20 Å². The maximum atomic E-state index is 15.0. The Kier molecular flexibility index (Phi) is 5.02. The molecule has 10 heteroatoms. The average Bonchev–Trinajstić information content (AvgIpc) is 3.57. The summed E-state index contributed by atoms with van der Waals surface area (Å²) in [5.41, 5.74) is 4.13. The van der Waals surface area contributed by atoms with Gasteiger partial charge < -0.3 is 19.7 Å². The van der Waals surface area contributed by atoms with E-state index in [0.717, 1.165) is 49.0 Å². The van der Waals surface area contributed by atoms with E-state index < -0.39 is 0 Å². The molecule has 0 unspecified atom stereocenters. The minimum Gasteiger partial charge on any atom is -0.376 e. The molecule has 2 amide bonds. The number of nitrogens with one attached hydrogen (secondary N) is 1. The first-order valence-electron chi connectivity index (χ1n) is 12.8. The maximum absolute atomic E-state index is 15.0. The Morgan fingerprint density at radius 3 is 2.73 bits per heavy atom. The van der Waals surface area contributed by atoms with E-state index in [9.17, 15) is 9.59 Å². The van der Waals surface area contributed by atoms with E-state index in [1.54, 1.807) is 4.40 Å². The molecule has 0 aliphatic carbocycles. The number of piperidine rings is 1. The van der Waals surface area contributed by atoms with E-state index in [1.807, 2.05) is 40.4 Å². The molecule has 1 saturated heterocycles. The zero-order valence-corrected chi connectivity index (χ0v) is 20.3. The Hall–Kier alpha value is -4.21. The highest BCUT2D eigenvalue weighted by atomic mass is 19.1. The molecule has 0 radical (unpaired) electrons. The van der Waals surface area contributed by atoms with E-state index in [1.165, 1.54) is 12.1 Å². The number of fused-ring (bicyclic) bond motifs is 1. The highest BCUT2D eigenvalue weighted by Crippen LogP contribution is 2.37. The predicted octanol–water partition coefficient (Wildman–Crippen LogP) is 3.29. The molecule has 0 spiro atoms. The van der Waals surface area contributed by atoms with Gasteiger partial charge in [-0.05, 0) is 49.1 Å². The Morgan fingerprint density at radius 1 is 1.00 bits per heavy atom. The normalized spacial score (nSPS) is 18.1. The Morgan fingerprint density at radius 2 is 1.86 bits per heavy atom. The molecule has 4 aromatic rings. The van der Waals surface area contributed by atoms with Crippen molar-refractivity contribution >= 4 is 39.6 Å². The Balaban J connectivity index is 1.34. The van der Waals surface area contributed by atoms with Gasteiger partial charge in [-0.25, -0.2) is 9.18 Å². The molecule has 7 rings (SSSR count). The van der Waals surface area contributed by atoms with Crippen LogP contribution in [0.2, 0.25) is 0 Å². The van der Waals surface area contributed by atoms with Crippen LogP contribution >= 0.6 is 0 Å². The van der Waals surface area contributed by atoms with Crippen LogP contribution in [0.25, 0.3) is 27.8 Å². The number of aromatic nitrogens is 4. The largest absolute Gasteiger partial charge is 0.376 e. The lowest BCUT2D eigenvalue weighted by Crippen LogP contribution is -2.45. The van der Waals surface area contributed by atoms with Gasteiger partial charge in [-0.2, -0.15) is 0 Å². The highest BCUT2D eigenvalue weighted by molar-refractivity contribution is 6.31. The number of hydrogen-bond acceptors (Lipinski definition) is 5. The highest BCUT2D eigenvalue weighted by Gasteiger charge is 2.32. The van der Waals surface area contributed by atoms with Gasteiger partial charge in [0.1, 0.15) is 5.82 Å². The summed E-state index contributed by atoms with van der Waals surface area (Å²) in [6.07, 6.45) is 7.00. The van der Waals surface area contributed by atoms with Crippen molar-refractivity contribution in [2.24, 2.45) is 0 Å². The monoisotopic (exact) mass is 499 g/mol. The third-order valence-electron chi connectivity index (χ3n) is 7.65. The summed E-state index contributed by atoms with van der Waals surface area (Å²) < 4.78 is 18.9. The van der Waals surface area contributed by atoms with Gasteiger partial charge in [-0.15, -0.1) is 10.2 Å². The number of benzene rings is 1. The number of pyridine rings is 1. The van der Waals surface area contributed by atoms with Gasteiger partial charge in [-0.1, -0.05) is 6.07 Å². The van der Waals surface area contributed by atoms with Gasteiger partial charge in [0.05, 0.1) is 23.3 Å². The van der Waals surface area contributed by atoms with Gasteiger partial charge in [0.2, 0.25) is 0 Å². The quantitative estimate of drug-likeness (QED) is 0.457. The molecule has 37 heavy (non-hydrogen) atoms. The number of hydrogen-bond donors (Lipinski definition) is 1. The lowest BCUT2D eigenvalue weighted by atomic mass is 10.0. The molecule has 3 aliphatic rings. The smallest absolute Gasteiger partial charge is 0.320 e. The molecule has 3 aromatic heterocycles. The molecule has 188 valence electrons. The van der Waals surface area contributed by atoms with Crippen LogP contribution in [-0.2, 0) is 17.9 Å². The zero-order valence-electron chi connectivity index (χ0n) is 20.3. The topological polar surface area (TPSA) is 87.8 Å². The fourth-order valence-corrected chi connectivity index (χ4v) is 5.91. The summed E-state index contributed by atoms with van der Waals surface area (Å²) in [7, 11) is 0. The van der Waals surface area contributed by atoms with Crippen molar-refractivity contribution in [1.29, 1.82) is 0 Å². The van der Waals surface area contributed by atoms with Gasteiger partial charge in [0.15, 0.2) is 17.3 Å². The first kappa shape index (κ1) is 22.0. The second kappa shape index (κ2) is 8.43. The van der Waals surface area contributed by atoms with Crippen molar-refractivity contribution in [2.75, 3.05) is 26.2 Å². The first-order valence-corrected chi connectivity index (χ1v) is 12.8. The summed E-state index contributed by atoms with van der Waals surface area (Å²) in [6, 6.07) is 8.63. The summed E-state index contributed by atoms with van der Waals surface area (Å²) in [5.74, 6) is 0.00720. The number of Topliss-reactive ketones (excluding diaryl/α,β-unsaturated/α-hetero) is 1. The number of carbonyl (C=O) groups is 2. The van der Waals surface area contributed by atoms with Crippen LogP contribution in [0.3, 0.4) is 0 Å². The van der Waals surface area contributed by atoms with Crippen molar-refractivity contribution in [1.82, 2.24) is 34.3 Å². The van der Waals surface area contributed by atoms with Gasteiger partial charge in [0, 0.05) is 56.1 Å². The fraction of sp³-hybridized carbons (Fsp3) is 0.333. The number of carbonyl (C=O) groups excluding carboxylic acids is 2. The molecular weight excluding hydrogens is 473 g/mol. The van der Waals surface area contributed by atoms with Crippen molar-refractivity contribution in [2.45, 2.75) is 32.4 Å². The summed E-state index contributed by atoms with van der Waals surface area (Å²) in [5, 5.41) is 12.5. The number of halogens is 1. The second-order valence-electron chi connectivity index (χ2n) is 9.93. The van der Waals surface area contributed by atoms with Crippen LogP contribution in [0.5, 0.6) is 0 Å². The molecule has 9 nitrogen and oxygen atoms in total. The molecule has 1 fully saturated rings. The number of ketones is 1. The van der Waals surface area contributed by atoms with Crippen LogP contribution in [0, 0.1) is 5.82 Å². The second-order valence-corrected chi connectivity index (χ2v) is 9.93. The Bertz CT molecular complexity index is 1610. The van der Waals surface area contributed by atoms with Crippen molar-refractivity contribution in [3.05, 3.63) is 65.5 Å². The molecule has 6 heterocycles. The third kappa shape index (κ3) is 3.50. The van der Waals surface area contributed by atoms with Crippen molar-refractivity contribution in [3.63, 3.8) is 0 Å². The van der Waals surface area contributed by atoms with Crippen LogP contribution in [0.4, 0.5) is 9.18 Å². The van der Waals surface area contributed by atoms with E-state index in [0.29, 0.717) is 47.8 Å². The molecule has 3 aliphatic heterocycles. The maximum Gasteiger partial charge on any atom is 0.320 e. The standard InChI is InChI=1S/C27H26FN7O2/c28-18-12-17-15-34(27(37)32-7-3-1-4-8-32)11-10-33-16-20(19(13-18)25(17)33)24-23(21(36)14-29-24)26-31-30-22-6-2-5-9-35(22)26/h2,5-6,9,12-13,16,29H,1,3-4,7-8,10-11,14-15H2. The van der Waals surface area contributed by atoms with Gasteiger partial charge in [0.25, 0.3) is 0 Å². The lowest BCUT2D eigenvalue weighted by Gasteiger charge is -2.32. The average molecular weight is 500 g/mol. The molecule has 1 N–H and O–H groups in total. The van der Waals surface area contributed by atoms with E-state index >= 15 is 4.39 Å². The lowest BCUT2D eigenvalue weighted by molar-refractivity contribution is -0.112. The number of urea groups is 1. The van der Waals surface area contributed by atoms with Crippen LogP contribution in [0.15, 0.2) is 42.7 Å². The number of likely N-dealkylation sites (tertiary alicyclic amines) is 1. The Labute approximate surface area is 212 Å². The summed E-state index contributed by atoms with van der Waals surface area (Å²) in [4.78, 5) is 30.1. The molecule has 0 atom stereocenters. The SMILES string of the molecule is O=C1CNC(c2cn3c4c(cc(F)cc24)CN(C(=O)N2CCCCC2)CC3)=C1c1nnc2ccccn12. The number of nitrogens with zero attached hydrogens (tertiary/aromatic N) is 6. The third-order valence-corrected chi connectivity index (χ3v) is 7.65. The van der Waals surface area contributed by atoms with E-state index in [2.05, 4.69) is 20.1 Å². The molecule has 1 aromatic carbocycles. The number of rotatable bonds is 2. The summed E-state index contributed by atoms with van der Waals surface area (Å²) >= 11 is 0. The zero-order chi connectivity index (χ0) is 25.1. The predicted molar refractivity (Wildman–Crippen MR) is 136 cm³/mol. The first-order chi connectivity index (χ1) is 18.1. The van der Waals surface area contributed by atoms with Crippen molar-refractivity contribution < 1.29 is 14.0 Å². The van der Waals surface area contributed by atoms with Crippen LogP contribution in [-0.4, -0.2) is 67.0 Å². The van der Waals surface area contributed by atoms with Crippen molar-refractivity contribution in [3.8, 4) is 0 Å². The van der Waals surface area contributed by atoms with E-state index in [-0.39, 0.29) is 24.2 Å². The van der Waals surface area contributed by atoms with E-state index in [4.69, 9.17) is 0 Å². The van der Waals surface area contributed by atoms with Crippen LogP contribution < -0.4 is 5.32 Å². The van der Waals surface area contributed by atoms with Gasteiger partial charge >= 0.3 is 6.03 Å². The van der Waals surface area contributed by atoms with Crippen LogP contribution in [0.1, 0.15) is 36.2 Å². The fourth-order valence-electron chi connectivity index (χ4n) is 5.91. The minimum atomic E-state index is -0.367. The summed E-state index contributed by atoms with van der Waals surface area (Å²) in [6.45, 7) is 3.15. The molecule has 0 bridgehead atoms.